The Morgan fingerprint density at radius 1 is 0.239 bits per heavy atom. The molecule has 20 aromatic rings. The SMILES string of the molecule is c1ccc2cc(-n3c4ccccc4c4cc5c(cc43)c3ccc(-c4ccc6c7cc8c(cc7n(-c7ccc9ccc%10cccnc%10c9n7)c6c4)c4ccccc4n8-c4ccc6ccc7cccnc7c6n4)cc3n5-c3cccc4cnccc34)ccc2c1. The van der Waals surface area contributed by atoms with Crippen LogP contribution in [-0.4, -0.2) is 43.2 Å². The fourth-order valence-electron chi connectivity index (χ4n) is 14.6. The third-order valence-corrected chi connectivity index (χ3v) is 18.6. The van der Waals surface area contributed by atoms with E-state index >= 15 is 0 Å². The van der Waals surface area contributed by atoms with E-state index < -0.39 is 0 Å². The van der Waals surface area contributed by atoms with E-state index in [1.165, 1.54) is 37.8 Å². The summed E-state index contributed by atoms with van der Waals surface area (Å²) in [6.45, 7) is 0. The molecule has 0 unspecified atom stereocenters. The Morgan fingerprint density at radius 2 is 0.693 bits per heavy atom. The number of rotatable bonds is 5. The van der Waals surface area contributed by atoms with Crippen molar-refractivity contribution in [3.63, 3.8) is 0 Å². The molecule has 0 atom stereocenters. The van der Waals surface area contributed by atoms with Gasteiger partial charge in [0, 0.05) is 106 Å². The highest BCUT2D eigenvalue weighted by molar-refractivity contribution is 6.22. The van der Waals surface area contributed by atoms with Crippen LogP contribution < -0.4 is 0 Å². The summed E-state index contributed by atoms with van der Waals surface area (Å²) in [5, 5.41) is 18.1. The van der Waals surface area contributed by atoms with E-state index in [1.54, 1.807) is 0 Å². The molecule has 88 heavy (non-hydrogen) atoms. The van der Waals surface area contributed by atoms with Crippen molar-refractivity contribution < 1.29 is 0 Å². The molecule has 11 aromatic carbocycles. The molecule has 0 radical (unpaired) electrons. The van der Waals surface area contributed by atoms with Crippen molar-refractivity contribution in [3.8, 4) is 34.1 Å². The van der Waals surface area contributed by atoms with Crippen LogP contribution in [0.3, 0.4) is 0 Å². The van der Waals surface area contributed by atoms with Crippen molar-refractivity contribution >= 4 is 152 Å². The summed E-state index contributed by atoms with van der Waals surface area (Å²) in [4.78, 5) is 25.3. The van der Waals surface area contributed by atoms with E-state index in [1.807, 2.05) is 36.9 Å². The first-order valence-corrected chi connectivity index (χ1v) is 29.8. The lowest BCUT2D eigenvalue weighted by Crippen LogP contribution is -1.99. The minimum atomic E-state index is 0.815. The van der Waals surface area contributed by atoms with E-state index in [9.17, 15) is 0 Å². The van der Waals surface area contributed by atoms with Gasteiger partial charge >= 0.3 is 0 Å². The highest BCUT2D eigenvalue weighted by Crippen LogP contribution is 2.45. The lowest BCUT2D eigenvalue weighted by molar-refractivity contribution is 1.10. The second-order valence-corrected chi connectivity index (χ2v) is 23.3. The Hall–Kier alpha value is -12.1. The Morgan fingerprint density at radius 3 is 1.32 bits per heavy atom. The highest BCUT2D eigenvalue weighted by Gasteiger charge is 2.24. The molecule has 0 spiro atoms. The van der Waals surface area contributed by atoms with Gasteiger partial charge in [-0.15, -0.1) is 0 Å². The maximum Gasteiger partial charge on any atom is 0.138 e. The van der Waals surface area contributed by atoms with Crippen molar-refractivity contribution in [2.75, 3.05) is 0 Å². The summed E-state index contributed by atoms with van der Waals surface area (Å²) in [6, 6.07) is 90.7. The molecule has 0 aliphatic rings. The van der Waals surface area contributed by atoms with Gasteiger partial charge < -0.3 is 9.13 Å². The van der Waals surface area contributed by atoms with E-state index in [-0.39, 0.29) is 0 Å². The molecular formula is C79H45N9. The maximum absolute atomic E-state index is 5.58. The van der Waals surface area contributed by atoms with Gasteiger partial charge in [-0.1, -0.05) is 140 Å². The largest absolute Gasteiger partial charge is 0.309 e. The van der Waals surface area contributed by atoms with E-state index in [4.69, 9.17) is 19.9 Å². The average Bonchev–Trinajstić information content (AvgIpc) is 1.58. The molecule has 406 valence electrons. The number of aromatic nitrogens is 9. The second-order valence-electron chi connectivity index (χ2n) is 23.3. The van der Waals surface area contributed by atoms with Crippen LogP contribution in [0.4, 0.5) is 0 Å². The zero-order valence-electron chi connectivity index (χ0n) is 47.0. The molecule has 0 aliphatic heterocycles. The summed E-state index contributed by atoms with van der Waals surface area (Å²) in [5.41, 5.74) is 16.8. The standard InChI is InChI=1S/C79H45N9/c1-2-11-51-38-55(29-24-46(51)10-1)85-66-17-5-3-15-57(66)61-42-71-63(41-70(61)85)59-30-25-52(39-68(59)86(71)65-19-7-12-54-45-80-37-34-56(54)65)53-26-31-60-64-44-72-62(43-73(64)88(69(60)40-53)75-33-28-50-23-21-48-14-9-36-82-77(48)79(50)84-75)58-16-4-6-18-67(58)87(72)74-32-27-49-22-20-47-13-8-35-81-76(47)78(49)83-74/h1-45H. The van der Waals surface area contributed by atoms with Gasteiger partial charge in [0.2, 0.25) is 0 Å². The van der Waals surface area contributed by atoms with Gasteiger partial charge in [-0.05, 0) is 131 Å². The van der Waals surface area contributed by atoms with Gasteiger partial charge in [0.25, 0.3) is 0 Å². The van der Waals surface area contributed by atoms with Crippen molar-refractivity contribution in [1.29, 1.82) is 0 Å². The lowest BCUT2D eigenvalue weighted by atomic mass is 10.0. The van der Waals surface area contributed by atoms with Crippen molar-refractivity contribution in [2.45, 2.75) is 0 Å². The first-order valence-electron chi connectivity index (χ1n) is 29.8. The molecular weight excluding hydrogens is 1070 g/mol. The van der Waals surface area contributed by atoms with Gasteiger partial charge in [-0.25, -0.2) is 9.97 Å². The van der Waals surface area contributed by atoms with Gasteiger partial charge in [0.15, 0.2) is 0 Å². The van der Waals surface area contributed by atoms with Crippen molar-refractivity contribution in [1.82, 2.24) is 43.2 Å². The second kappa shape index (κ2) is 17.7. The smallest absolute Gasteiger partial charge is 0.138 e. The van der Waals surface area contributed by atoms with E-state index in [0.717, 1.165) is 149 Å². The molecule has 9 heterocycles. The van der Waals surface area contributed by atoms with Crippen LogP contribution in [0, 0.1) is 0 Å². The summed E-state index contributed by atoms with van der Waals surface area (Å²) in [6.07, 6.45) is 7.59. The monoisotopic (exact) mass is 1120 g/mol. The molecule has 0 aliphatic carbocycles. The zero-order chi connectivity index (χ0) is 57.3. The fourth-order valence-corrected chi connectivity index (χ4v) is 14.6. The normalized spacial score (nSPS) is 12.3. The Balaban J connectivity index is 0.847. The zero-order valence-corrected chi connectivity index (χ0v) is 47.0. The number of hydrogen-bond acceptors (Lipinski definition) is 5. The number of pyridine rings is 5. The quantitative estimate of drug-likeness (QED) is 0.160. The number of nitrogens with zero attached hydrogens (tertiary/aromatic N) is 9. The fraction of sp³-hybridized carbons (Fsp3) is 0. The van der Waals surface area contributed by atoms with Crippen LogP contribution in [0.15, 0.2) is 274 Å². The molecule has 20 rings (SSSR count). The van der Waals surface area contributed by atoms with Gasteiger partial charge in [-0.2, -0.15) is 0 Å². The third kappa shape index (κ3) is 6.66. The van der Waals surface area contributed by atoms with Crippen LogP contribution >= 0.6 is 0 Å². The summed E-state index contributed by atoms with van der Waals surface area (Å²) < 4.78 is 9.62. The van der Waals surface area contributed by atoms with Gasteiger partial charge in [0.1, 0.15) is 11.6 Å². The van der Waals surface area contributed by atoms with Crippen molar-refractivity contribution in [2.24, 2.45) is 0 Å². The molecule has 0 amide bonds. The minimum Gasteiger partial charge on any atom is -0.309 e. The number of para-hydroxylation sites is 2. The van der Waals surface area contributed by atoms with E-state index in [0.29, 0.717) is 0 Å². The number of fused-ring (bicyclic) bond motifs is 20. The van der Waals surface area contributed by atoms with Crippen LogP contribution in [0.1, 0.15) is 0 Å². The van der Waals surface area contributed by atoms with Crippen LogP contribution in [0.2, 0.25) is 0 Å². The first kappa shape index (κ1) is 47.3. The topological polar surface area (TPSA) is 84.2 Å². The van der Waals surface area contributed by atoms with Gasteiger partial charge in [-0.3, -0.25) is 24.1 Å². The molecule has 9 nitrogen and oxygen atoms in total. The molecule has 9 heteroatoms. The first-order chi connectivity index (χ1) is 43.6. The van der Waals surface area contributed by atoms with Crippen LogP contribution in [0.25, 0.3) is 187 Å². The predicted octanol–water partition coefficient (Wildman–Crippen LogP) is 19.6. The molecule has 9 aromatic heterocycles. The molecule has 0 N–H and O–H groups in total. The number of benzene rings is 11. The Bertz CT molecular complexity index is 6450. The van der Waals surface area contributed by atoms with Crippen LogP contribution in [-0.2, 0) is 0 Å². The maximum atomic E-state index is 5.58. The summed E-state index contributed by atoms with van der Waals surface area (Å²) >= 11 is 0. The lowest BCUT2D eigenvalue weighted by Gasteiger charge is -2.13. The third-order valence-electron chi connectivity index (χ3n) is 18.6. The molecule has 0 fully saturated rings. The molecule has 0 saturated carbocycles. The highest BCUT2D eigenvalue weighted by atomic mass is 15.1. The molecule has 0 bridgehead atoms. The predicted molar refractivity (Wildman–Crippen MR) is 363 cm³/mol. The minimum absolute atomic E-state index is 0.815. The summed E-state index contributed by atoms with van der Waals surface area (Å²) in [5.74, 6) is 1.65. The number of hydrogen-bond donors (Lipinski definition) is 0. The van der Waals surface area contributed by atoms with Crippen LogP contribution in [0.5, 0.6) is 0 Å². The summed E-state index contributed by atoms with van der Waals surface area (Å²) in [7, 11) is 0. The van der Waals surface area contributed by atoms with Gasteiger partial charge in [0.05, 0.1) is 71.9 Å². The average molecular weight is 1120 g/mol. The Labute approximate surface area is 500 Å². The van der Waals surface area contributed by atoms with Crippen molar-refractivity contribution in [3.05, 3.63) is 274 Å². The van der Waals surface area contributed by atoms with E-state index in [2.05, 4.69) is 260 Å². The molecule has 0 saturated heterocycles. The Kier molecular flexibility index (Phi) is 9.54.